The molecule has 1 saturated heterocycles. The average Bonchev–Trinajstić information content (AvgIpc) is 2.71. The summed E-state index contributed by atoms with van der Waals surface area (Å²) >= 11 is 0. The summed E-state index contributed by atoms with van der Waals surface area (Å²) in [7, 11) is 0. The molecule has 90 valence electrons. The van der Waals surface area contributed by atoms with Crippen LogP contribution in [0.15, 0.2) is 0 Å². The largest absolute Gasteiger partial charge is 0.481 e. The van der Waals surface area contributed by atoms with E-state index in [2.05, 4.69) is 0 Å². The highest BCUT2D eigenvalue weighted by Gasteiger charge is 2.43. The molecule has 2 aliphatic rings. The third-order valence-electron chi connectivity index (χ3n) is 3.93. The predicted octanol–water partition coefficient (Wildman–Crippen LogP) is 1.64. The maximum absolute atomic E-state index is 11.7. The summed E-state index contributed by atoms with van der Waals surface area (Å²) < 4.78 is 0. The van der Waals surface area contributed by atoms with Gasteiger partial charge in [-0.25, -0.2) is 0 Å². The van der Waals surface area contributed by atoms with E-state index in [0.717, 1.165) is 45.1 Å². The monoisotopic (exact) mass is 225 g/mol. The predicted molar refractivity (Wildman–Crippen MR) is 59.0 cm³/mol. The minimum atomic E-state index is -0.719. The fraction of sp³-hybridized carbons (Fsp3) is 0.833. The van der Waals surface area contributed by atoms with Gasteiger partial charge < -0.3 is 10.0 Å². The molecule has 2 rings (SSSR count). The molecule has 0 atom stereocenters. The van der Waals surface area contributed by atoms with E-state index in [4.69, 9.17) is 0 Å². The zero-order chi connectivity index (χ0) is 11.6. The Labute approximate surface area is 95.6 Å². The van der Waals surface area contributed by atoms with Gasteiger partial charge in [0.05, 0.1) is 5.41 Å². The molecule has 0 spiro atoms. The molecule has 0 unspecified atom stereocenters. The van der Waals surface area contributed by atoms with Crippen LogP contribution in [-0.4, -0.2) is 35.0 Å². The van der Waals surface area contributed by atoms with Gasteiger partial charge >= 0.3 is 5.97 Å². The highest BCUT2D eigenvalue weighted by Crippen LogP contribution is 2.39. The smallest absolute Gasteiger partial charge is 0.311 e. The first-order valence-electron chi connectivity index (χ1n) is 6.15. The molecule has 4 heteroatoms. The van der Waals surface area contributed by atoms with E-state index >= 15 is 0 Å². The van der Waals surface area contributed by atoms with Crippen LogP contribution in [-0.2, 0) is 9.59 Å². The van der Waals surface area contributed by atoms with Crippen LogP contribution in [0.25, 0.3) is 0 Å². The number of hydrogen-bond donors (Lipinski definition) is 1. The van der Waals surface area contributed by atoms with Crippen molar-refractivity contribution in [3.63, 3.8) is 0 Å². The summed E-state index contributed by atoms with van der Waals surface area (Å²) in [6.07, 6.45) is 5.98. The summed E-state index contributed by atoms with van der Waals surface area (Å²) in [5.41, 5.74) is -0.646. The van der Waals surface area contributed by atoms with E-state index in [1.54, 1.807) is 4.90 Å². The number of carboxylic acid groups (broad SMARTS) is 1. The molecule has 1 heterocycles. The zero-order valence-electron chi connectivity index (χ0n) is 9.57. The van der Waals surface area contributed by atoms with Gasteiger partial charge in [0, 0.05) is 19.5 Å². The van der Waals surface area contributed by atoms with Crippen molar-refractivity contribution in [2.45, 2.75) is 44.9 Å². The number of rotatable bonds is 3. The van der Waals surface area contributed by atoms with Crippen molar-refractivity contribution in [2.75, 3.05) is 13.1 Å². The molecule has 2 fully saturated rings. The van der Waals surface area contributed by atoms with Crippen LogP contribution in [0.2, 0.25) is 0 Å². The van der Waals surface area contributed by atoms with Gasteiger partial charge in [0.2, 0.25) is 5.91 Å². The van der Waals surface area contributed by atoms with Crippen LogP contribution >= 0.6 is 0 Å². The molecule has 0 bridgehead atoms. The van der Waals surface area contributed by atoms with Crippen LogP contribution in [0.3, 0.4) is 0 Å². The summed E-state index contributed by atoms with van der Waals surface area (Å²) in [4.78, 5) is 24.8. The number of likely N-dealkylation sites (tertiary alicyclic amines) is 1. The molecule has 0 aromatic rings. The van der Waals surface area contributed by atoms with Crippen molar-refractivity contribution >= 4 is 11.9 Å². The van der Waals surface area contributed by atoms with E-state index in [0.29, 0.717) is 13.0 Å². The minimum absolute atomic E-state index is 0.138. The number of nitrogens with zero attached hydrogens (tertiary/aromatic N) is 1. The van der Waals surface area contributed by atoms with Crippen LogP contribution in [0.1, 0.15) is 44.9 Å². The molecule has 1 saturated carbocycles. The Bertz CT molecular complexity index is 295. The van der Waals surface area contributed by atoms with Crippen molar-refractivity contribution in [1.29, 1.82) is 0 Å². The lowest BCUT2D eigenvalue weighted by Gasteiger charge is -2.34. The van der Waals surface area contributed by atoms with Gasteiger partial charge in [-0.2, -0.15) is 0 Å². The SMILES string of the molecule is O=C1CCCCN1CC1(C(=O)O)CCCC1. The number of carbonyl (C=O) groups is 2. The molecule has 0 aromatic carbocycles. The second-order valence-corrected chi connectivity index (χ2v) is 5.06. The van der Waals surface area contributed by atoms with E-state index in [1.165, 1.54) is 0 Å². The van der Waals surface area contributed by atoms with Gasteiger partial charge in [-0.05, 0) is 25.7 Å². The first-order chi connectivity index (χ1) is 7.64. The molecule has 1 aliphatic heterocycles. The highest BCUT2D eigenvalue weighted by molar-refractivity contribution is 5.79. The lowest BCUT2D eigenvalue weighted by molar-refractivity contribution is -0.152. The molecule has 1 aliphatic carbocycles. The van der Waals surface area contributed by atoms with Crippen molar-refractivity contribution in [2.24, 2.45) is 5.41 Å². The Kier molecular flexibility index (Phi) is 3.17. The van der Waals surface area contributed by atoms with E-state index in [1.807, 2.05) is 0 Å². The maximum Gasteiger partial charge on any atom is 0.311 e. The Morgan fingerprint density at radius 2 is 1.94 bits per heavy atom. The van der Waals surface area contributed by atoms with Crippen LogP contribution in [0.4, 0.5) is 0 Å². The molecule has 0 radical (unpaired) electrons. The lowest BCUT2D eigenvalue weighted by atomic mass is 9.85. The van der Waals surface area contributed by atoms with Crippen LogP contribution in [0, 0.1) is 5.41 Å². The second-order valence-electron chi connectivity index (χ2n) is 5.06. The number of carboxylic acids is 1. The number of aliphatic carboxylic acids is 1. The first kappa shape index (κ1) is 11.4. The fourth-order valence-corrected chi connectivity index (χ4v) is 2.89. The van der Waals surface area contributed by atoms with E-state index < -0.39 is 11.4 Å². The topological polar surface area (TPSA) is 57.6 Å². The summed E-state index contributed by atoms with van der Waals surface area (Å²) in [5, 5.41) is 9.34. The lowest BCUT2D eigenvalue weighted by Crippen LogP contribution is -2.46. The van der Waals surface area contributed by atoms with E-state index in [-0.39, 0.29) is 5.91 Å². The molecule has 16 heavy (non-hydrogen) atoms. The van der Waals surface area contributed by atoms with Crippen molar-refractivity contribution in [3.05, 3.63) is 0 Å². The Hall–Kier alpha value is -1.06. The molecule has 4 nitrogen and oxygen atoms in total. The summed E-state index contributed by atoms with van der Waals surface area (Å²) in [6, 6.07) is 0. The number of piperidine rings is 1. The number of carbonyl (C=O) groups excluding carboxylic acids is 1. The van der Waals surface area contributed by atoms with E-state index in [9.17, 15) is 14.7 Å². The Morgan fingerprint density at radius 3 is 2.50 bits per heavy atom. The number of hydrogen-bond acceptors (Lipinski definition) is 2. The standard InChI is InChI=1S/C12H19NO3/c14-10-5-1-4-8-13(10)9-12(11(15)16)6-2-3-7-12/h1-9H2,(H,15,16). The van der Waals surface area contributed by atoms with Gasteiger partial charge in [0.25, 0.3) is 0 Å². The summed E-state index contributed by atoms with van der Waals surface area (Å²) in [6.45, 7) is 1.18. The van der Waals surface area contributed by atoms with Crippen molar-refractivity contribution in [3.8, 4) is 0 Å². The van der Waals surface area contributed by atoms with Gasteiger partial charge in [-0.3, -0.25) is 9.59 Å². The Balaban J connectivity index is 2.05. The highest BCUT2D eigenvalue weighted by atomic mass is 16.4. The van der Waals surface area contributed by atoms with Gasteiger partial charge in [-0.1, -0.05) is 12.8 Å². The zero-order valence-corrected chi connectivity index (χ0v) is 9.57. The molecular formula is C12H19NO3. The molecular weight excluding hydrogens is 206 g/mol. The quantitative estimate of drug-likeness (QED) is 0.794. The molecule has 0 aromatic heterocycles. The first-order valence-corrected chi connectivity index (χ1v) is 6.15. The Morgan fingerprint density at radius 1 is 1.25 bits per heavy atom. The maximum atomic E-state index is 11.7. The average molecular weight is 225 g/mol. The third kappa shape index (κ3) is 2.06. The minimum Gasteiger partial charge on any atom is -0.481 e. The van der Waals surface area contributed by atoms with Gasteiger partial charge in [0.1, 0.15) is 0 Å². The van der Waals surface area contributed by atoms with Gasteiger partial charge in [0.15, 0.2) is 0 Å². The third-order valence-corrected chi connectivity index (χ3v) is 3.93. The van der Waals surface area contributed by atoms with Gasteiger partial charge in [-0.15, -0.1) is 0 Å². The molecule has 1 amide bonds. The second kappa shape index (κ2) is 4.44. The fourth-order valence-electron chi connectivity index (χ4n) is 2.89. The normalized spacial score (nSPS) is 24.8. The number of amides is 1. The van der Waals surface area contributed by atoms with Crippen molar-refractivity contribution in [1.82, 2.24) is 4.90 Å². The van der Waals surface area contributed by atoms with Crippen LogP contribution in [0.5, 0.6) is 0 Å². The van der Waals surface area contributed by atoms with Crippen LogP contribution < -0.4 is 0 Å². The summed E-state index contributed by atoms with van der Waals surface area (Å²) in [5.74, 6) is -0.581. The van der Waals surface area contributed by atoms with Crippen molar-refractivity contribution < 1.29 is 14.7 Å². The molecule has 1 N–H and O–H groups in total.